The Kier molecular flexibility index (Phi) is 5.78. The molecule has 1 aliphatic rings. The second kappa shape index (κ2) is 7.58. The number of hydrogen-bond donors (Lipinski definition) is 1. The van der Waals surface area contributed by atoms with Crippen molar-refractivity contribution in [2.75, 3.05) is 18.9 Å². The quantitative estimate of drug-likeness (QED) is 0.747. The number of nitrogens with zero attached hydrogens (tertiary/aromatic N) is 4. The van der Waals surface area contributed by atoms with E-state index in [1.807, 2.05) is 0 Å². The number of nitrogens with one attached hydrogen (secondary N) is 1. The van der Waals surface area contributed by atoms with Gasteiger partial charge in [-0.25, -0.2) is 4.68 Å². The van der Waals surface area contributed by atoms with Gasteiger partial charge in [0.15, 0.2) is 0 Å². The van der Waals surface area contributed by atoms with Gasteiger partial charge in [-0.1, -0.05) is 25.6 Å². The van der Waals surface area contributed by atoms with Crippen LogP contribution in [0.4, 0.5) is 0 Å². The summed E-state index contributed by atoms with van der Waals surface area (Å²) in [6, 6.07) is 0. The van der Waals surface area contributed by atoms with E-state index in [9.17, 15) is 4.79 Å². The lowest BCUT2D eigenvalue weighted by Crippen LogP contribution is -2.29. The van der Waals surface area contributed by atoms with Gasteiger partial charge in [0, 0.05) is 13.2 Å². The molecule has 1 fully saturated rings. The summed E-state index contributed by atoms with van der Waals surface area (Å²) in [6.45, 7) is 6.29. The molecule has 1 amide bonds. The van der Waals surface area contributed by atoms with Gasteiger partial charge >= 0.3 is 0 Å². The predicted molar refractivity (Wildman–Crippen MR) is 75.4 cm³/mol. The zero-order chi connectivity index (χ0) is 14.4. The largest absolute Gasteiger partial charge is 0.376 e. The molecule has 8 heteroatoms. The van der Waals surface area contributed by atoms with Gasteiger partial charge in [0.25, 0.3) is 0 Å². The fraction of sp³-hybridized carbons (Fsp3) is 0.833. The highest BCUT2D eigenvalue weighted by Crippen LogP contribution is 2.18. The molecule has 0 bridgehead atoms. The molecule has 1 atom stereocenters. The number of hydrogen-bond acceptors (Lipinski definition) is 6. The first kappa shape index (κ1) is 15.2. The summed E-state index contributed by atoms with van der Waals surface area (Å²) >= 11 is 1.36. The van der Waals surface area contributed by atoms with E-state index in [0.29, 0.717) is 29.9 Å². The smallest absolute Gasteiger partial charge is 0.230 e. The summed E-state index contributed by atoms with van der Waals surface area (Å²) in [5, 5.41) is 15.1. The highest BCUT2D eigenvalue weighted by Gasteiger charge is 2.19. The molecule has 1 aromatic heterocycles. The van der Waals surface area contributed by atoms with Crippen LogP contribution < -0.4 is 5.32 Å². The predicted octanol–water partition coefficient (Wildman–Crippen LogP) is 0.716. The Morgan fingerprint density at radius 2 is 2.45 bits per heavy atom. The molecule has 0 aromatic carbocycles. The minimum Gasteiger partial charge on any atom is -0.376 e. The third-order valence-electron chi connectivity index (χ3n) is 2.94. The Hall–Kier alpha value is -1.15. The molecular formula is C12H21N5O2S. The topological polar surface area (TPSA) is 81.9 Å². The van der Waals surface area contributed by atoms with Crippen LogP contribution in [0, 0.1) is 5.92 Å². The number of thioether (sulfide) groups is 1. The molecule has 1 aliphatic heterocycles. The molecule has 1 unspecified atom stereocenters. The molecule has 0 radical (unpaired) electrons. The molecule has 0 saturated carbocycles. The molecule has 0 spiro atoms. The van der Waals surface area contributed by atoms with Crippen molar-refractivity contribution in [1.82, 2.24) is 25.5 Å². The Morgan fingerprint density at radius 1 is 1.60 bits per heavy atom. The molecular weight excluding hydrogens is 278 g/mol. The lowest BCUT2D eigenvalue weighted by Gasteiger charge is -2.10. The second-order valence-corrected chi connectivity index (χ2v) is 6.21. The van der Waals surface area contributed by atoms with Crippen LogP contribution in [0.3, 0.4) is 0 Å². The average molecular weight is 299 g/mol. The van der Waals surface area contributed by atoms with E-state index < -0.39 is 0 Å². The zero-order valence-electron chi connectivity index (χ0n) is 11.9. The van der Waals surface area contributed by atoms with Crippen molar-refractivity contribution in [1.29, 1.82) is 0 Å². The highest BCUT2D eigenvalue weighted by atomic mass is 32.2. The number of tetrazole rings is 1. The number of aromatic nitrogens is 4. The zero-order valence-corrected chi connectivity index (χ0v) is 12.7. The average Bonchev–Trinajstić information content (AvgIpc) is 3.06. The van der Waals surface area contributed by atoms with E-state index in [-0.39, 0.29) is 12.0 Å². The van der Waals surface area contributed by atoms with Gasteiger partial charge in [0.05, 0.1) is 18.4 Å². The standard InChI is InChI=1S/C12H21N5O2S/c1-9(2)6-13-11(18)8-20-12-14-15-16-17(12)7-10-4-3-5-19-10/h9-10H,3-8H2,1-2H3,(H,13,18). The van der Waals surface area contributed by atoms with Crippen molar-refractivity contribution in [3.8, 4) is 0 Å². The van der Waals surface area contributed by atoms with Crippen LogP contribution in [0.1, 0.15) is 26.7 Å². The van der Waals surface area contributed by atoms with Gasteiger partial charge in [-0.2, -0.15) is 0 Å². The summed E-state index contributed by atoms with van der Waals surface area (Å²) in [4.78, 5) is 11.7. The summed E-state index contributed by atoms with van der Waals surface area (Å²) in [5.74, 6) is 0.794. The van der Waals surface area contributed by atoms with Gasteiger partial charge in [0.1, 0.15) is 0 Å². The molecule has 1 N–H and O–H groups in total. The number of amides is 1. The van der Waals surface area contributed by atoms with Crippen molar-refractivity contribution in [2.45, 2.75) is 44.5 Å². The maximum Gasteiger partial charge on any atom is 0.230 e. The summed E-state index contributed by atoms with van der Waals surface area (Å²) in [7, 11) is 0. The highest BCUT2D eigenvalue weighted by molar-refractivity contribution is 7.99. The fourth-order valence-corrected chi connectivity index (χ4v) is 2.61. The van der Waals surface area contributed by atoms with E-state index in [1.54, 1.807) is 4.68 Å². The van der Waals surface area contributed by atoms with Gasteiger partial charge in [-0.3, -0.25) is 4.79 Å². The molecule has 2 rings (SSSR count). The molecule has 1 saturated heterocycles. The molecule has 2 heterocycles. The summed E-state index contributed by atoms with van der Waals surface area (Å²) in [6.07, 6.45) is 2.32. The maximum absolute atomic E-state index is 11.7. The first-order chi connectivity index (χ1) is 9.65. The van der Waals surface area contributed by atoms with E-state index in [2.05, 4.69) is 34.7 Å². The van der Waals surface area contributed by atoms with Gasteiger partial charge < -0.3 is 10.1 Å². The van der Waals surface area contributed by atoms with E-state index >= 15 is 0 Å². The molecule has 0 aliphatic carbocycles. The lowest BCUT2D eigenvalue weighted by molar-refractivity contribution is -0.118. The summed E-state index contributed by atoms with van der Waals surface area (Å²) < 4.78 is 7.29. The number of ether oxygens (including phenoxy) is 1. The van der Waals surface area contributed by atoms with Crippen molar-refractivity contribution in [3.05, 3.63) is 0 Å². The minimum atomic E-state index is 0.00960. The monoisotopic (exact) mass is 299 g/mol. The lowest BCUT2D eigenvalue weighted by atomic mass is 10.2. The van der Waals surface area contributed by atoms with Crippen molar-refractivity contribution >= 4 is 17.7 Å². The SMILES string of the molecule is CC(C)CNC(=O)CSc1nnnn1CC1CCCO1. The maximum atomic E-state index is 11.7. The van der Waals surface area contributed by atoms with E-state index in [4.69, 9.17) is 4.74 Å². The first-order valence-electron chi connectivity index (χ1n) is 6.92. The second-order valence-electron chi connectivity index (χ2n) is 5.27. The van der Waals surface area contributed by atoms with Crippen molar-refractivity contribution in [2.24, 2.45) is 5.92 Å². The molecule has 1 aromatic rings. The number of carbonyl (C=O) groups is 1. The molecule has 7 nitrogen and oxygen atoms in total. The van der Waals surface area contributed by atoms with Crippen LogP contribution in [0.15, 0.2) is 5.16 Å². The van der Waals surface area contributed by atoms with E-state index in [1.165, 1.54) is 11.8 Å². The molecule has 20 heavy (non-hydrogen) atoms. The van der Waals surface area contributed by atoms with Crippen molar-refractivity contribution in [3.63, 3.8) is 0 Å². The van der Waals surface area contributed by atoms with Gasteiger partial charge in [0.2, 0.25) is 11.1 Å². The Bertz CT molecular complexity index is 431. The van der Waals surface area contributed by atoms with Crippen LogP contribution in [0.2, 0.25) is 0 Å². The minimum absolute atomic E-state index is 0.00960. The van der Waals surface area contributed by atoms with Gasteiger partial charge in [-0.15, -0.1) is 5.10 Å². The Labute approximate surface area is 122 Å². The third-order valence-corrected chi connectivity index (χ3v) is 3.90. The van der Waals surface area contributed by atoms with Crippen LogP contribution in [-0.4, -0.2) is 51.1 Å². The van der Waals surface area contributed by atoms with Crippen molar-refractivity contribution < 1.29 is 9.53 Å². The van der Waals surface area contributed by atoms with Crippen LogP contribution in [-0.2, 0) is 16.1 Å². The third kappa shape index (κ3) is 4.75. The van der Waals surface area contributed by atoms with Crippen LogP contribution >= 0.6 is 11.8 Å². The Balaban J connectivity index is 1.78. The summed E-state index contributed by atoms with van der Waals surface area (Å²) in [5.41, 5.74) is 0. The van der Waals surface area contributed by atoms with Crippen LogP contribution in [0.25, 0.3) is 0 Å². The fourth-order valence-electron chi connectivity index (χ4n) is 1.89. The number of carbonyl (C=O) groups excluding carboxylic acids is 1. The Morgan fingerprint density at radius 3 is 3.15 bits per heavy atom. The number of rotatable bonds is 7. The van der Waals surface area contributed by atoms with Crippen LogP contribution in [0.5, 0.6) is 0 Å². The normalized spacial score (nSPS) is 18.6. The molecule has 112 valence electrons. The van der Waals surface area contributed by atoms with E-state index in [0.717, 1.165) is 19.4 Å². The van der Waals surface area contributed by atoms with Gasteiger partial charge in [-0.05, 0) is 29.2 Å². The first-order valence-corrected chi connectivity index (χ1v) is 7.91.